The Labute approximate surface area is 101 Å². The predicted molar refractivity (Wildman–Crippen MR) is 66.9 cm³/mol. The fourth-order valence-electron chi connectivity index (χ4n) is 2.06. The molecule has 1 aliphatic rings. The normalized spacial score (nSPS) is 23.7. The van der Waals surface area contributed by atoms with E-state index in [0.29, 0.717) is 19.6 Å². The Bertz CT molecular complexity index is 417. The molecule has 4 heteroatoms. The van der Waals surface area contributed by atoms with E-state index in [1.165, 1.54) is 0 Å². The van der Waals surface area contributed by atoms with Gasteiger partial charge in [-0.15, -0.1) is 0 Å². The lowest BCUT2D eigenvalue weighted by molar-refractivity contribution is -0.121. The lowest BCUT2D eigenvalue weighted by Crippen LogP contribution is -2.51. The molecule has 1 aliphatic heterocycles. The fraction of sp³-hybridized carbons (Fsp3) is 0.462. The summed E-state index contributed by atoms with van der Waals surface area (Å²) in [6.45, 7) is 4.85. The van der Waals surface area contributed by atoms with Crippen molar-refractivity contribution >= 4 is 11.6 Å². The smallest absolute Gasteiger partial charge is 0.246 e. The van der Waals surface area contributed by atoms with Crippen molar-refractivity contribution in [3.05, 3.63) is 29.3 Å². The van der Waals surface area contributed by atoms with Crippen molar-refractivity contribution in [2.75, 3.05) is 18.5 Å². The topological polar surface area (TPSA) is 64.4 Å². The third kappa shape index (κ3) is 2.65. The van der Waals surface area contributed by atoms with Gasteiger partial charge in [-0.25, -0.2) is 0 Å². The van der Waals surface area contributed by atoms with Crippen LogP contribution in [0.25, 0.3) is 0 Å². The minimum absolute atomic E-state index is 0.167. The van der Waals surface area contributed by atoms with E-state index in [9.17, 15) is 4.79 Å². The molecule has 1 aromatic carbocycles. The molecular weight excluding hydrogens is 216 g/mol. The van der Waals surface area contributed by atoms with E-state index >= 15 is 0 Å². The number of aryl methyl sites for hydroxylation is 2. The van der Waals surface area contributed by atoms with Crippen LogP contribution < -0.4 is 11.1 Å². The van der Waals surface area contributed by atoms with Crippen molar-refractivity contribution in [1.82, 2.24) is 0 Å². The van der Waals surface area contributed by atoms with E-state index in [1.807, 2.05) is 26.0 Å². The maximum atomic E-state index is 12.0. The summed E-state index contributed by atoms with van der Waals surface area (Å²) in [5.41, 5.74) is 8.15. The first-order chi connectivity index (χ1) is 7.99. The average Bonchev–Trinajstić information content (AvgIpc) is 2.64. The number of ether oxygens (including phenoxy) is 1. The molecule has 1 heterocycles. The maximum absolute atomic E-state index is 12.0. The number of benzene rings is 1. The minimum atomic E-state index is -0.877. The van der Waals surface area contributed by atoms with Gasteiger partial charge >= 0.3 is 0 Å². The van der Waals surface area contributed by atoms with Crippen molar-refractivity contribution in [1.29, 1.82) is 0 Å². The molecule has 1 atom stereocenters. The molecular formula is C13H18N2O2. The molecule has 3 N–H and O–H groups in total. The van der Waals surface area contributed by atoms with Gasteiger partial charge in [0.2, 0.25) is 5.91 Å². The van der Waals surface area contributed by atoms with E-state index in [1.54, 1.807) is 0 Å². The average molecular weight is 234 g/mol. The summed E-state index contributed by atoms with van der Waals surface area (Å²) in [6.07, 6.45) is 0.573. The Hall–Kier alpha value is -1.39. The van der Waals surface area contributed by atoms with Gasteiger partial charge in [-0.3, -0.25) is 4.79 Å². The van der Waals surface area contributed by atoms with Gasteiger partial charge in [-0.2, -0.15) is 0 Å². The molecule has 1 unspecified atom stereocenters. The van der Waals surface area contributed by atoms with E-state index in [-0.39, 0.29) is 5.91 Å². The van der Waals surface area contributed by atoms with Gasteiger partial charge in [0, 0.05) is 12.3 Å². The highest BCUT2D eigenvalue weighted by Crippen LogP contribution is 2.19. The maximum Gasteiger partial charge on any atom is 0.246 e. The second-order valence-corrected chi connectivity index (χ2v) is 4.79. The second-order valence-electron chi connectivity index (χ2n) is 4.79. The lowest BCUT2D eigenvalue weighted by atomic mass is 9.99. The highest BCUT2D eigenvalue weighted by atomic mass is 16.5. The Morgan fingerprint density at radius 3 is 2.53 bits per heavy atom. The molecule has 1 fully saturated rings. The first-order valence-corrected chi connectivity index (χ1v) is 5.76. The van der Waals surface area contributed by atoms with Gasteiger partial charge in [-0.1, -0.05) is 6.07 Å². The zero-order chi connectivity index (χ0) is 12.5. The summed E-state index contributed by atoms with van der Waals surface area (Å²) in [7, 11) is 0. The summed E-state index contributed by atoms with van der Waals surface area (Å²) >= 11 is 0. The van der Waals surface area contributed by atoms with Crippen LogP contribution in [0.2, 0.25) is 0 Å². The molecule has 0 aromatic heterocycles. The van der Waals surface area contributed by atoms with Gasteiger partial charge in [0.05, 0.1) is 6.61 Å². The van der Waals surface area contributed by atoms with Crippen LogP contribution in [0.15, 0.2) is 18.2 Å². The Kier molecular flexibility index (Phi) is 3.17. The quantitative estimate of drug-likeness (QED) is 0.812. The van der Waals surface area contributed by atoms with Crippen LogP contribution in [0.1, 0.15) is 17.5 Å². The third-order valence-electron chi connectivity index (χ3n) is 2.98. The molecule has 0 aliphatic carbocycles. The Morgan fingerprint density at radius 2 is 2.00 bits per heavy atom. The standard InChI is InChI=1S/C13H18N2O2/c1-9-5-10(2)7-11(6-9)15-12(16)13(14)3-4-17-8-13/h5-7H,3-4,8,14H2,1-2H3,(H,15,16). The van der Waals surface area contributed by atoms with Crippen molar-refractivity contribution in [2.24, 2.45) is 5.73 Å². The molecule has 1 amide bonds. The molecule has 0 radical (unpaired) electrons. The van der Waals surface area contributed by atoms with E-state index in [2.05, 4.69) is 11.4 Å². The number of carbonyl (C=O) groups excluding carboxylic acids is 1. The molecule has 0 saturated carbocycles. The SMILES string of the molecule is Cc1cc(C)cc(NC(=O)C2(N)CCOC2)c1. The number of nitrogens with one attached hydrogen (secondary N) is 1. The third-order valence-corrected chi connectivity index (χ3v) is 2.98. The number of rotatable bonds is 2. The van der Waals surface area contributed by atoms with Crippen LogP contribution >= 0.6 is 0 Å². The van der Waals surface area contributed by atoms with E-state index in [4.69, 9.17) is 10.5 Å². The molecule has 1 aromatic rings. The van der Waals surface area contributed by atoms with Gasteiger partial charge in [0.25, 0.3) is 0 Å². The van der Waals surface area contributed by atoms with Crippen molar-refractivity contribution in [2.45, 2.75) is 25.8 Å². The van der Waals surface area contributed by atoms with Crippen molar-refractivity contribution < 1.29 is 9.53 Å². The molecule has 92 valence electrons. The molecule has 2 rings (SSSR count). The highest BCUT2D eigenvalue weighted by Gasteiger charge is 2.38. The lowest BCUT2D eigenvalue weighted by Gasteiger charge is -2.20. The number of nitrogens with two attached hydrogens (primary N) is 1. The summed E-state index contributed by atoms with van der Waals surface area (Å²) < 4.78 is 5.18. The minimum Gasteiger partial charge on any atom is -0.379 e. The summed E-state index contributed by atoms with van der Waals surface area (Å²) in [5, 5.41) is 2.86. The number of hydrogen-bond donors (Lipinski definition) is 2. The fourth-order valence-corrected chi connectivity index (χ4v) is 2.06. The number of hydrogen-bond acceptors (Lipinski definition) is 3. The first-order valence-electron chi connectivity index (χ1n) is 5.76. The van der Waals surface area contributed by atoms with Crippen molar-refractivity contribution in [3.63, 3.8) is 0 Å². The number of amides is 1. The number of carbonyl (C=O) groups is 1. The van der Waals surface area contributed by atoms with Crippen LogP contribution in [0.4, 0.5) is 5.69 Å². The van der Waals surface area contributed by atoms with Gasteiger partial charge in [-0.05, 0) is 43.5 Å². The van der Waals surface area contributed by atoms with Crippen LogP contribution in [-0.2, 0) is 9.53 Å². The zero-order valence-corrected chi connectivity index (χ0v) is 10.2. The Morgan fingerprint density at radius 1 is 1.35 bits per heavy atom. The van der Waals surface area contributed by atoms with E-state index in [0.717, 1.165) is 16.8 Å². The second kappa shape index (κ2) is 4.47. The predicted octanol–water partition coefficient (Wildman–Crippen LogP) is 1.36. The monoisotopic (exact) mass is 234 g/mol. The summed E-state index contributed by atoms with van der Waals surface area (Å²) in [5.74, 6) is -0.167. The summed E-state index contributed by atoms with van der Waals surface area (Å²) in [4.78, 5) is 12.0. The van der Waals surface area contributed by atoms with Gasteiger partial charge in [0.1, 0.15) is 5.54 Å². The van der Waals surface area contributed by atoms with Crippen LogP contribution in [0.3, 0.4) is 0 Å². The summed E-state index contributed by atoms with van der Waals surface area (Å²) in [6, 6.07) is 5.93. The molecule has 0 bridgehead atoms. The Balaban J connectivity index is 2.12. The van der Waals surface area contributed by atoms with Crippen LogP contribution in [0.5, 0.6) is 0 Å². The van der Waals surface area contributed by atoms with Gasteiger partial charge < -0.3 is 15.8 Å². The largest absolute Gasteiger partial charge is 0.379 e. The highest BCUT2D eigenvalue weighted by molar-refractivity contribution is 5.98. The number of anilines is 1. The molecule has 17 heavy (non-hydrogen) atoms. The molecule has 0 spiro atoms. The van der Waals surface area contributed by atoms with Crippen molar-refractivity contribution in [3.8, 4) is 0 Å². The molecule has 4 nitrogen and oxygen atoms in total. The first kappa shape index (κ1) is 12.1. The molecule has 1 saturated heterocycles. The van der Waals surface area contributed by atoms with Crippen LogP contribution in [-0.4, -0.2) is 24.7 Å². The van der Waals surface area contributed by atoms with E-state index < -0.39 is 5.54 Å². The zero-order valence-electron chi connectivity index (χ0n) is 10.2. The van der Waals surface area contributed by atoms with Crippen LogP contribution in [0, 0.1) is 13.8 Å². The van der Waals surface area contributed by atoms with Gasteiger partial charge in [0.15, 0.2) is 0 Å².